The van der Waals surface area contributed by atoms with Gasteiger partial charge in [-0.05, 0) is 76.9 Å². The quantitative estimate of drug-likeness (QED) is 0.374. The Balaban J connectivity index is 1.35. The molecule has 0 radical (unpaired) electrons. The predicted octanol–water partition coefficient (Wildman–Crippen LogP) is 5.74. The Kier molecular flexibility index (Phi) is 5.47. The summed E-state index contributed by atoms with van der Waals surface area (Å²) in [6.45, 7) is 0. The standard InChI is InChI=1S/C30H24N2O2S/c1-2-19-10-14-24(15-11-19)31-29(34)26-18-35-30-28(21-12-13-21)23(17-27(33)32(26)30)16-22-8-5-7-20-6-3-4-9-25(20)22/h1,3-11,14-15,17,21,26H,12-13,16,18H2,(H,31,34). The summed E-state index contributed by atoms with van der Waals surface area (Å²) in [5.41, 5.74) is 4.91. The van der Waals surface area contributed by atoms with E-state index in [9.17, 15) is 9.59 Å². The second-order valence-electron chi connectivity index (χ2n) is 9.22. The molecule has 1 unspecified atom stereocenters. The number of benzene rings is 3. The number of terminal acetylenes is 1. The SMILES string of the molecule is C#Cc1ccc(NC(=O)C2CSc3c(C4CC4)c(Cc4cccc5ccccc45)cc(=O)n32)cc1. The summed E-state index contributed by atoms with van der Waals surface area (Å²) in [7, 11) is 0. The van der Waals surface area contributed by atoms with Gasteiger partial charge < -0.3 is 5.32 Å². The molecular weight excluding hydrogens is 452 g/mol. The van der Waals surface area contributed by atoms with Crippen molar-refractivity contribution in [3.63, 3.8) is 0 Å². The Morgan fingerprint density at radius 1 is 1.03 bits per heavy atom. The Bertz CT molecular complexity index is 1550. The first-order valence-corrected chi connectivity index (χ1v) is 12.9. The Morgan fingerprint density at radius 2 is 1.80 bits per heavy atom. The normalized spacial score (nSPS) is 16.6. The first-order chi connectivity index (χ1) is 17.1. The molecule has 172 valence electrons. The minimum Gasteiger partial charge on any atom is -0.324 e. The fourth-order valence-corrected chi connectivity index (χ4v) is 6.44. The Hall–Kier alpha value is -3.75. The van der Waals surface area contributed by atoms with Crippen LogP contribution in [0.1, 0.15) is 47.1 Å². The number of pyridine rings is 1. The van der Waals surface area contributed by atoms with Gasteiger partial charge in [0.05, 0.1) is 5.03 Å². The highest BCUT2D eigenvalue weighted by Crippen LogP contribution is 2.48. The topological polar surface area (TPSA) is 51.1 Å². The molecule has 3 aromatic carbocycles. The highest BCUT2D eigenvalue weighted by molar-refractivity contribution is 7.99. The van der Waals surface area contributed by atoms with E-state index < -0.39 is 6.04 Å². The van der Waals surface area contributed by atoms with Crippen molar-refractivity contribution >= 4 is 34.1 Å². The monoisotopic (exact) mass is 476 g/mol. The van der Waals surface area contributed by atoms with Crippen molar-refractivity contribution in [2.75, 3.05) is 11.1 Å². The fourth-order valence-electron chi connectivity index (χ4n) is 5.01. The highest BCUT2D eigenvalue weighted by atomic mass is 32.2. The molecule has 1 aliphatic heterocycles. The number of carbonyl (C=O) groups excluding carboxylic acids is 1. The van der Waals surface area contributed by atoms with Gasteiger partial charge in [-0.1, -0.05) is 48.4 Å². The van der Waals surface area contributed by atoms with Crippen molar-refractivity contribution in [2.45, 2.75) is 36.2 Å². The molecule has 5 heteroatoms. The highest BCUT2D eigenvalue weighted by Gasteiger charge is 2.37. The molecule has 35 heavy (non-hydrogen) atoms. The average molecular weight is 477 g/mol. The van der Waals surface area contributed by atoms with Crippen LogP contribution in [-0.2, 0) is 11.2 Å². The van der Waals surface area contributed by atoms with E-state index >= 15 is 0 Å². The van der Waals surface area contributed by atoms with Gasteiger partial charge in [-0.2, -0.15) is 0 Å². The zero-order valence-electron chi connectivity index (χ0n) is 19.2. The molecule has 6 rings (SSSR count). The summed E-state index contributed by atoms with van der Waals surface area (Å²) in [5.74, 6) is 3.43. The van der Waals surface area contributed by atoms with Crippen molar-refractivity contribution in [3.05, 3.63) is 105 Å². The lowest BCUT2D eigenvalue weighted by molar-refractivity contribution is -0.118. The molecule has 2 aliphatic rings. The van der Waals surface area contributed by atoms with Gasteiger partial charge in [0.25, 0.3) is 5.56 Å². The molecule has 0 saturated heterocycles. The third kappa shape index (κ3) is 4.05. The summed E-state index contributed by atoms with van der Waals surface area (Å²) in [6, 6.07) is 23.2. The van der Waals surface area contributed by atoms with Crippen molar-refractivity contribution in [1.29, 1.82) is 0 Å². The van der Waals surface area contributed by atoms with Crippen LogP contribution in [0.4, 0.5) is 5.69 Å². The third-order valence-corrected chi connectivity index (χ3v) is 8.06. The van der Waals surface area contributed by atoms with E-state index in [1.54, 1.807) is 46.7 Å². The van der Waals surface area contributed by atoms with Crippen molar-refractivity contribution in [2.24, 2.45) is 0 Å². The van der Waals surface area contributed by atoms with Gasteiger partial charge in [0.1, 0.15) is 6.04 Å². The molecule has 1 aromatic heterocycles. The molecular formula is C30H24N2O2S. The first-order valence-electron chi connectivity index (χ1n) is 11.9. The number of hydrogen-bond donors (Lipinski definition) is 1. The number of fused-ring (bicyclic) bond motifs is 2. The van der Waals surface area contributed by atoms with Crippen LogP contribution < -0.4 is 10.9 Å². The minimum atomic E-state index is -0.529. The van der Waals surface area contributed by atoms with E-state index in [-0.39, 0.29) is 11.5 Å². The van der Waals surface area contributed by atoms with Crippen LogP contribution in [0, 0.1) is 12.3 Å². The smallest absolute Gasteiger partial charge is 0.252 e. The second kappa shape index (κ2) is 8.79. The second-order valence-corrected chi connectivity index (χ2v) is 10.2. The molecule has 1 saturated carbocycles. The van der Waals surface area contributed by atoms with Crippen LogP contribution in [0.25, 0.3) is 10.8 Å². The van der Waals surface area contributed by atoms with Crippen molar-refractivity contribution in [1.82, 2.24) is 4.57 Å². The van der Waals surface area contributed by atoms with Gasteiger partial charge in [-0.25, -0.2) is 0 Å². The van der Waals surface area contributed by atoms with E-state index in [0.29, 0.717) is 17.4 Å². The predicted molar refractivity (Wildman–Crippen MR) is 142 cm³/mol. The zero-order valence-corrected chi connectivity index (χ0v) is 20.0. The van der Waals surface area contributed by atoms with Gasteiger partial charge in [0, 0.05) is 23.1 Å². The first kappa shape index (κ1) is 21.8. The van der Waals surface area contributed by atoms with Crippen LogP contribution in [0.2, 0.25) is 0 Å². The van der Waals surface area contributed by atoms with Crippen LogP contribution in [-0.4, -0.2) is 16.2 Å². The maximum atomic E-state index is 13.4. The molecule has 0 bridgehead atoms. The molecule has 1 fully saturated rings. The zero-order chi connectivity index (χ0) is 23.9. The summed E-state index contributed by atoms with van der Waals surface area (Å²) in [5, 5.41) is 6.36. The fraction of sp³-hybridized carbons (Fsp3) is 0.200. The van der Waals surface area contributed by atoms with E-state index in [2.05, 4.69) is 53.7 Å². The Morgan fingerprint density at radius 3 is 2.57 bits per heavy atom. The van der Waals surface area contributed by atoms with Crippen molar-refractivity contribution in [3.8, 4) is 12.3 Å². The van der Waals surface area contributed by atoms with Crippen LogP contribution in [0.15, 0.2) is 82.6 Å². The number of rotatable bonds is 5. The van der Waals surface area contributed by atoms with Gasteiger partial charge in [-0.15, -0.1) is 18.2 Å². The lowest BCUT2D eigenvalue weighted by Gasteiger charge is -2.18. The number of nitrogens with one attached hydrogen (secondary N) is 1. The number of amides is 1. The molecule has 4 aromatic rings. The summed E-state index contributed by atoms with van der Waals surface area (Å²) in [6.07, 6.45) is 8.40. The minimum absolute atomic E-state index is 0.104. The van der Waals surface area contributed by atoms with Crippen LogP contribution in [0.5, 0.6) is 0 Å². The molecule has 1 aliphatic carbocycles. The molecule has 1 amide bonds. The largest absolute Gasteiger partial charge is 0.324 e. The number of anilines is 1. The van der Waals surface area contributed by atoms with Crippen LogP contribution in [0.3, 0.4) is 0 Å². The summed E-state index contributed by atoms with van der Waals surface area (Å²) < 4.78 is 1.72. The lowest BCUT2D eigenvalue weighted by atomic mass is 9.95. The number of aromatic nitrogens is 1. The molecule has 2 heterocycles. The number of hydrogen-bond acceptors (Lipinski definition) is 3. The van der Waals surface area contributed by atoms with E-state index in [0.717, 1.165) is 35.4 Å². The van der Waals surface area contributed by atoms with Gasteiger partial charge in [-0.3, -0.25) is 14.2 Å². The molecule has 1 atom stereocenters. The van der Waals surface area contributed by atoms with Gasteiger partial charge in [0.2, 0.25) is 5.91 Å². The van der Waals surface area contributed by atoms with Gasteiger partial charge in [0.15, 0.2) is 0 Å². The Labute approximate surface area is 208 Å². The van der Waals surface area contributed by atoms with Gasteiger partial charge >= 0.3 is 0 Å². The summed E-state index contributed by atoms with van der Waals surface area (Å²) in [4.78, 5) is 26.6. The number of carbonyl (C=O) groups is 1. The maximum absolute atomic E-state index is 13.4. The molecule has 0 spiro atoms. The number of nitrogens with zero attached hydrogens (tertiary/aromatic N) is 1. The van der Waals surface area contributed by atoms with E-state index in [4.69, 9.17) is 6.42 Å². The van der Waals surface area contributed by atoms with E-state index in [1.165, 1.54) is 21.9 Å². The van der Waals surface area contributed by atoms with Crippen LogP contribution >= 0.6 is 11.8 Å². The summed E-state index contributed by atoms with van der Waals surface area (Å²) >= 11 is 1.63. The molecule has 4 nitrogen and oxygen atoms in total. The third-order valence-electron chi connectivity index (χ3n) is 6.89. The molecule has 1 N–H and O–H groups in total. The number of thioether (sulfide) groups is 1. The lowest BCUT2D eigenvalue weighted by Crippen LogP contribution is -2.33. The van der Waals surface area contributed by atoms with E-state index in [1.807, 2.05) is 0 Å². The average Bonchev–Trinajstić information content (AvgIpc) is 3.61. The maximum Gasteiger partial charge on any atom is 0.252 e. The van der Waals surface area contributed by atoms with Crippen molar-refractivity contribution < 1.29 is 4.79 Å².